The first-order valence-corrected chi connectivity index (χ1v) is 12.3. The lowest BCUT2D eigenvalue weighted by Crippen LogP contribution is -2.26. The minimum atomic E-state index is -0.852. The number of hydrogen-bond donors (Lipinski definition) is 2. The molecule has 0 bridgehead atoms. The minimum absolute atomic E-state index is 0.368. The van der Waals surface area contributed by atoms with Gasteiger partial charge in [0, 0.05) is 24.7 Å². The van der Waals surface area contributed by atoms with Crippen LogP contribution in [0.5, 0.6) is 5.75 Å². The number of anilines is 2. The van der Waals surface area contributed by atoms with E-state index < -0.39 is 11.4 Å². The number of aromatic nitrogens is 3. The second-order valence-electron chi connectivity index (χ2n) is 9.62. The Morgan fingerprint density at radius 2 is 2.03 bits per heavy atom. The van der Waals surface area contributed by atoms with Crippen molar-refractivity contribution in [3.8, 4) is 11.6 Å². The number of likely N-dealkylation sites (N-methyl/N-ethyl adjacent to an activating group) is 1. The quantitative estimate of drug-likeness (QED) is 0.385. The smallest absolute Gasteiger partial charge is 0.314 e. The Bertz CT molecular complexity index is 1510. The Labute approximate surface area is 213 Å². The molecular formula is C27H26ClN5O3. The molecule has 2 aromatic carbocycles. The van der Waals surface area contributed by atoms with Crippen LogP contribution in [0, 0.1) is 0 Å². The lowest BCUT2D eigenvalue weighted by atomic mass is 9.96. The molecule has 2 aliphatic rings. The highest BCUT2D eigenvalue weighted by Gasteiger charge is 2.53. The fraction of sp³-hybridized carbons (Fsp3) is 0.296. The first-order valence-electron chi connectivity index (χ1n) is 11.9. The molecule has 1 aliphatic carbocycles. The molecule has 184 valence electrons. The van der Waals surface area contributed by atoms with E-state index in [2.05, 4.69) is 34.4 Å². The van der Waals surface area contributed by atoms with E-state index in [0.29, 0.717) is 29.6 Å². The maximum Gasteiger partial charge on any atom is 0.314 e. The molecular weight excluding hydrogens is 478 g/mol. The van der Waals surface area contributed by atoms with Crippen molar-refractivity contribution in [1.82, 2.24) is 19.4 Å². The van der Waals surface area contributed by atoms with Crippen LogP contribution in [0.3, 0.4) is 0 Å². The Kier molecular flexibility index (Phi) is 5.39. The number of fused-ring (bicyclic) bond motifs is 2. The Hall–Kier alpha value is -3.62. The molecule has 8 nitrogen and oxygen atoms in total. The lowest BCUT2D eigenvalue weighted by Gasteiger charge is -2.26. The van der Waals surface area contributed by atoms with Gasteiger partial charge in [0.2, 0.25) is 5.95 Å². The number of methoxy groups -OCH3 is 1. The largest absolute Gasteiger partial charge is 0.495 e. The molecule has 0 unspecified atom stereocenters. The standard InChI is InChI=1S/C27H26ClN5O3/c1-32-10-7-16-12-23(36-2)21(11-17(16)14-32)30-26-29-13-20(28)24(31-26)33-15-19(27(8-9-27)25(34)35)18-5-3-4-6-22(18)33/h3-6,11-13,15H,7-10,14H2,1-2H3,(H,34,35)(H,29,30,31). The lowest BCUT2D eigenvalue weighted by molar-refractivity contribution is -0.140. The molecule has 0 saturated heterocycles. The molecule has 6 rings (SSSR count). The fourth-order valence-corrected chi connectivity index (χ4v) is 5.34. The van der Waals surface area contributed by atoms with Crippen molar-refractivity contribution >= 4 is 40.1 Å². The van der Waals surface area contributed by atoms with Crippen LogP contribution < -0.4 is 10.1 Å². The summed E-state index contributed by atoms with van der Waals surface area (Å²) in [5, 5.41) is 14.5. The van der Waals surface area contributed by atoms with E-state index in [1.54, 1.807) is 13.3 Å². The highest BCUT2D eigenvalue weighted by atomic mass is 35.5. The molecule has 1 saturated carbocycles. The van der Waals surface area contributed by atoms with Gasteiger partial charge in [0.05, 0.1) is 29.9 Å². The minimum Gasteiger partial charge on any atom is -0.495 e. The summed E-state index contributed by atoms with van der Waals surface area (Å²) in [5.41, 5.74) is 4.09. The second kappa shape index (κ2) is 8.50. The van der Waals surface area contributed by atoms with E-state index in [1.165, 1.54) is 11.1 Å². The number of rotatable bonds is 6. The van der Waals surface area contributed by atoms with Crippen LogP contribution in [0.2, 0.25) is 5.02 Å². The monoisotopic (exact) mass is 503 g/mol. The summed E-state index contributed by atoms with van der Waals surface area (Å²) in [6, 6.07) is 11.9. The van der Waals surface area contributed by atoms with Gasteiger partial charge in [-0.15, -0.1) is 0 Å². The molecule has 0 spiro atoms. The van der Waals surface area contributed by atoms with Crippen molar-refractivity contribution in [3.05, 3.63) is 70.5 Å². The van der Waals surface area contributed by atoms with Gasteiger partial charge in [-0.2, -0.15) is 4.98 Å². The maximum atomic E-state index is 12.1. The number of hydrogen-bond acceptors (Lipinski definition) is 6. The van der Waals surface area contributed by atoms with Gasteiger partial charge in [-0.1, -0.05) is 29.8 Å². The van der Waals surface area contributed by atoms with Gasteiger partial charge >= 0.3 is 5.97 Å². The van der Waals surface area contributed by atoms with Gasteiger partial charge in [0.25, 0.3) is 0 Å². The van der Waals surface area contributed by atoms with E-state index >= 15 is 0 Å². The van der Waals surface area contributed by atoms with E-state index in [-0.39, 0.29) is 0 Å². The normalized spacial score (nSPS) is 16.5. The summed E-state index contributed by atoms with van der Waals surface area (Å²) < 4.78 is 7.52. The zero-order chi connectivity index (χ0) is 25.0. The Balaban J connectivity index is 1.42. The first kappa shape index (κ1) is 22.8. The number of ether oxygens (including phenoxy) is 1. The zero-order valence-electron chi connectivity index (χ0n) is 20.1. The van der Waals surface area contributed by atoms with Crippen molar-refractivity contribution in [2.45, 2.75) is 31.2 Å². The predicted octanol–water partition coefficient (Wildman–Crippen LogP) is 4.93. The fourth-order valence-electron chi connectivity index (χ4n) is 5.16. The van der Waals surface area contributed by atoms with Gasteiger partial charge in [0.1, 0.15) is 10.8 Å². The number of carboxylic acids is 1. The second-order valence-corrected chi connectivity index (χ2v) is 10.0. The molecule has 2 aromatic heterocycles. The molecule has 1 aliphatic heterocycles. The number of carboxylic acid groups (broad SMARTS) is 1. The van der Waals surface area contributed by atoms with Crippen molar-refractivity contribution in [2.75, 3.05) is 26.0 Å². The van der Waals surface area contributed by atoms with Crippen molar-refractivity contribution in [2.24, 2.45) is 0 Å². The zero-order valence-corrected chi connectivity index (χ0v) is 20.8. The molecule has 9 heteroatoms. The first-order chi connectivity index (χ1) is 17.4. The summed E-state index contributed by atoms with van der Waals surface area (Å²) in [6.45, 7) is 1.88. The number of nitrogens with one attached hydrogen (secondary N) is 1. The van der Waals surface area contributed by atoms with Gasteiger partial charge in [0.15, 0.2) is 5.82 Å². The topological polar surface area (TPSA) is 92.5 Å². The summed E-state index contributed by atoms with van der Waals surface area (Å²) >= 11 is 6.59. The number of benzene rings is 2. The van der Waals surface area contributed by atoms with Crippen LogP contribution in [-0.4, -0.2) is 51.2 Å². The number of carbonyl (C=O) groups is 1. The van der Waals surface area contributed by atoms with E-state index in [0.717, 1.165) is 47.4 Å². The third-order valence-corrected chi connectivity index (χ3v) is 7.58. The van der Waals surface area contributed by atoms with E-state index in [9.17, 15) is 9.90 Å². The van der Waals surface area contributed by atoms with Crippen LogP contribution in [0.1, 0.15) is 29.5 Å². The van der Waals surface area contributed by atoms with Gasteiger partial charge in [-0.25, -0.2) is 4.98 Å². The highest BCUT2D eigenvalue weighted by Crippen LogP contribution is 2.51. The summed E-state index contributed by atoms with van der Waals surface area (Å²) in [5.74, 6) is 0.779. The molecule has 3 heterocycles. The molecule has 0 radical (unpaired) electrons. The highest BCUT2D eigenvalue weighted by molar-refractivity contribution is 6.32. The summed E-state index contributed by atoms with van der Waals surface area (Å²) in [7, 11) is 3.76. The average Bonchev–Trinajstić information content (AvgIpc) is 3.60. The number of aliphatic carboxylic acids is 1. The van der Waals surface area contributed by atoms with Gasteiger partial charge in [-0.05, 0) is 61.2 Å². The Morgan fingerprint density at radius 1 is 1.22 bits per heavy atom. The molecule has 4 aromatic rings. The molecule has 0 atom stereocenters. The van der Waals surface area contributed by atoms with E-state index in [1.807, 2.05) is 35.0 Å². The molecule has 1 fully saturated rings. The van der Waals surface area contributed by atoms with Gasteiger partial charge < -0.3 is 20.1 Å². The third-order valence-electron chi connectivity index (χ3n) is 7.31. The van der Waals surface area contributed by atoms with Crippen molar-refractivity contribution in [1.29, 1.82) is 0 Å². The van der Waals surface area contributed by atoms with Crippen LogP contribution in [0.25, 0.3) is 16.7 Å². The van der Waals surface area contributed by atoms with Crippen LogP contribution in [0.15, 0.2) is 48.8 Å². The Morgan fingerprint density at radius 3 is 2.78 bits per heavy atom. The molecule has 36 heavy (non-hydrogen) atoms. The number of nitrogens with zero attached hydrogens (tertiary/aromatic N) is 4. The predicted molar refractivity (Wildman–Crippen MR) is 139 cm³/mol. The third kappa shape index (κ3) is 3.68. The van der Waals surface area contributed by atoms with Crippen LogP contribution >= 0.6 is 11.6 Å². The average molecular weight is 504 g/mol. The van der Waals surface area contributed by atoms with Gasteiger partial charge in [-0.3, -0.25) is 9.36 Å². The maximum absolute atomic E-state index is 12.1. The van der Waals surface area contributed by atoms with Crippen LogP contribution in [-0.2, 0) is 23.2 Å². The van der Waals surface area contributed by atoms with E-state index in [4.69, 9.17) is 21.3 Å². The number of para-hydroxylation sites is 1. The summed E-state index contributed by atoms with van der Waals surface area (Å²) in [4.78, 5) is 23.5. The molecule has 0 amide bonds. The number of halogens is 1. The van der Waals surface area contributed by atoms with Crippen molar-refractivity contribution in [3.63, 3.8) is 0 Å². The van der Waals surface area contributed by atoms with Crippen LogP contribution in [0.4, 0.5) is 11.6 Å². The van der Waals surface area contributed by atoms with Crippen molar-refractivity contribution < 1.29 is 14.6 Å². The molecule has 2 N–H and O–H groups in total. The summed E-state index contributed by atoms with van der Waals surface area (Å²) in [6.07, 6.45) is 5.63. The SMILES string of the molecule is COc1cc2c(cc1Nc1ncc(Cl)c(-n3cc(C4(C(=O)O)CC4)c4ccccc43)n1)CN(C)CC2.